The summed E-state index contributed by atoms with van der Waals surface area (Å²) in [7, 11) is 1.66. The van der Waals surface area contributed by atoms with E-state index in [1.54, 1.807) is 25.3 Å². The smallest absolute Gasteiger partial charge is 0.127 e. The van der Waals surface area contributed by atoms with Crippen molar-refractivity contribution in [2.45, 2.75) is 6.92 Å². The summed E-state index contributed by atoms with van der Waals surface area (Å²) in [6.45, 7) is 2.58. The summed E-state index contributed by atoms with van der Waals surface area (Å²) in [6, 6.07) is 13.1. The number of allylic oxidation sites excluding steroid dienone is 1. The minimum atomic E-state index is 0.249. The Hall–Kier alpha value is -2.42. The molecule has 3 rings (SSSR count). The molecule has 2 aromatic rings. The summed E-state index contributed by atoms with van der Waals surface area (Å²) in [5, 5.41) is 9.65. The van der Waals surface area contributed by atoms with Crippen LogP contribution in [0.2, 0.25) is 0 Å². The summed E-state index contributed by atoms with van der Waals surface area (Å²) in [5.41, 5.74) is 4.25. The zero-order valence-corrected chi connectivity index (χ0v) is 11.5. The predicted octanol–water partition coefficient (Wildman–Crippen LogP) is 3.72. The van der Waals surface area contributed by atoms with Gasteiger partial charge in [-0.25, -0.2) is 0 Å². The third-order valence-electron chi connectivity index (χ3n) is 3.61. The number of ether oxygens (including phenoxy) is 2. The summed E-state index contributed by atoms with van der Waals surface area (Å²) in [6.07, 6.45) is 0. The molecule has 2 aromatic carbocycles. The Labute approximate surface area is 118 Å². The molecule has 0 unspecified atom stereocenters. The number of methoxy groups -OCH3 is 1. The van der Waals surface area contributed by atoms with E-state index in [2.05, 4.69) is 6.92 Å². The molecule has 0 saturated carbocycles. The molecule has 0 spiro atoms. The van der Waals surface area contributed by atoms with E-state index in [9.17, 15) is 5.11 Å². The maximum absolute atomic E-state index is 9.65. The van der Waals surface area contributed by atoms with Gasteiger partial charge >= 0.3 is 0 Å². The minimum absolute atomic E-state index is 0.249. The minimum Gasteiger partial charge on any atom is -0.508 e. The van der Waals surface area contributed by atoms with Gasteiger partial charge in [-0.05, 0) is 48.4 Å². The molecule has 0 aromatic heterocycles. The number of rotatable bonds is 2. The van der Waals surface area contributed by atoms with Crippen molar-refractivity contribution in [1.82, 2.24) is 0 Å². The highest BCUT2D eigenvalue weighted by molar-refractivity contribution is 5.94. The van der Waals surface area contributed by atoms with Crippen LogP contribution in [-0.2, 0) is 0 Å². The maximum atomic E-state index is 9.65. The van der Waals surface area contributed by atoms with Crippen LogP contribution in [0.15, 0.2) is 42.5 Å². The fourth-order valence-electron chi connectivity index (χ4n) is 2.47. The van der Waals surface area contributed by atoms with Gasteiger partial charge in [0, 0.05) is 11.1 Å². The van der Waals surface area contributed by atoms with Crippen molar-refractivity contribution in [3.63, 3.8) is 0 Å². The molecular weight excluding hydrogens is 252 g/mol. The van der Waals surface area contributed by atoms with Crippen LogP contribution < -0.4 is 9.47 Å². The third-order valence-corrected chi connectivity index (χ3v) is 3.61. The first kappa shape index (κ1) is 12.6. The summed E-state index contributed by atoms with van der Waals surface area (Å²) < 4.78 is 11.0. The summed E-state index contributed by atoms with van der Waals surface area (Å²) in [5.74, 6) is 1.88. The highest BCUT2D eigenvalue weighted by atomic mass is 16.5. The molecule has 3 nitrogen and oxygen atoms in total. The average molecular weight is 268 g/mol. The first-order valence-electron chi connectivity index (χ1n) is 6.49. The van der Waals surface area contributed by atoms with Gasteiger partial charge in [0.1, 0.15) is 23.9 Å². The first-order valence-corrected chi connectivity index (χ1v) is 6.49. The number of fused-ring (bicyclic) bond motifs is 1. The average Bonchev–Trinajstić information content (AvgIpc) is 2.48. The number of hydrogen-bond donors (Lipinski definition) is 1. The Balaban J connectivity index is 2.11. The van der Waals surface area contributed by atoms with Gasteiger partial charge in [-0.2, -0.15) is 0 Å². The highest BCUT2D eigenvalue weighted by Crippen LogP contribution is 2.38. The molecule has 0 bridgehead atoms. The quantitative estimate of drug-likeness (QED) is 0.902. The Morgan fingerprint density at radius 3 is 2.80 bits per heavy atom. The first-order chi connectivity index (χ1) is 9.69. The van der Waals surface area contributed by atoms with Crippen LogP contribution in [0.3, 0.4) is 0 Å². The monoisotopic (exact) mass is 268 g/mol. The lowest BCUT2D eigenvalue weighted by Crippen LogP contribution is -2.09. The topological polar surface area (TPSA) is 38.7 Å². The van der Waals surface area contributed by atoms with Gasteiger partial charge in [-0.3, -0.25) is 0 Å². The molecule has 102 valence electrons. The molecule has 1 aliphatic rings. The van der Waals surface area contributed by atoms with Crippen LogP contribution in [0.25, 0.3) is 11.1 Å². The fourth-order valence-corrected chi connectivity index (χ4v) is 2.47. The number of hydrogen-bond acceptors (Lipinski definition) is 3. The van der Waals surface area contributed by atoms with Gasteiger partial charge in [0.25, 0.3) is 0 Å². The molecule has 0 radical (unpaired) electrons. The molecule has 0 aliphatic carbocycles. The van der Waals surface area contributed by atoms with Gasteiger partial charge in [0.05, 0.1) is 7.11 Å². The Kier molecular flexibility index (Phi) is 3.11. The molecule has 1 N–H and O–H groups in total. The number of phenolic OH excluding ortho intramolecular Hbond substituents is 1. The Morgan fingerprint density at radius 2 is 2.00 bits per heavy atom. The molecule has 0 amide bonds. The van der Waals surface area contributed by atoms with Gasteiger partial charge in [0.15, 0.2) is 0 Å². The van der Waals surface area contributed by atoms with Gasteiger partial charge in [-0.1, -0.05) is 12.1 Å². The fraction of sp³-hybridized carbons (Fsp3) is 0.176. The zero-order chi connectivity index (χ0) is 14.1. The Morgan fingerprint density at radius 1 is 1.15 bits per heavy atom. The van der Waals surface area contributed by atoms with Crippen molar-refractivity contribution in [2.75, 3.05) is 13.7 Å². The van der Waals surface area contributed by atoms with E-state index >= 15 is 0 Å². The van der Waals surface area contributed by atoms with E-state index in [0.717, 1.165) is 33.8 Å². The van der Waals surface area contributed by atoms with Crippen LogP contribution in [0.5, 0.6) is 17.2 Å². The van der Waals surface area contributed by atoms with Gasteiger partial charge in [0.2, 0.25) is 0 Å². The lowest BCUT2D eigenvalue weighted by atomic mass is 9.93. The Bertz CT molecular complexity index is 686. The zero-order valence-electron chi connectivity index (χ0n) is 11.5. The van der Waals surface area contributed by atoms with Crippen molar-refractivity contribution >= 4 is 11.1 Å². The van der Waals surface area contributed by atoms with Gasteiger partial charge < -0.3 is 14.6 Å². The number of phenols is 1. The molecule has 1 heterocycles. The second-order valence-corrected chi connectivity index (χ2v) is 4.80. The van der Waals surface area contributed by atoms with E-state index in [1.165, 1.54) is 0 Å². The SMILES string of the molecule is COc1cccc(C2=C(C)c3cc(O)ccc3OC2)c1. The second kappa shape index (κ2) is 4.93. The maximum Gasteiger partial charge on any atom is 0.127 e. The molecule has 0 atom stereocenters. The molecule has 20 heavy (non-hydrogen) atoms. The molecular formula is C17H16O3. The lowest BCUT2D eigenvalue weighted by Gasteiger charge is -2.23. The second-order valence-electron chi connectivity index (χ2n) is 4.80. The third kappa shape index (κ3) is 2.11. The van der Waals surface area contributed by atoms with Gasteiger partial charge in [-0.15, -0.1) is 0 Å². The molecule has 0 fully saturated rings. The standard InChI is InChI=1S/C17H16O3/c1-11-15-9-13(18)6-7-17(15)20-10-16(11)12-4-3-5-14(8-12)19-2/h3-9,18H,10H2,1-2H3. The normalized spacial score (nSPS) is 13.7. The van der Waals surface area contributed by atoms with Crippen LogP contribution in [0.4, 0.5) is 0 Å². The summed E-state index contributed by atoms with van der Waals surface area (Å²) >= 11 is 0. The van der Waals surface area contributed by atoms with Crippen molar-refractivity contribution in [3.8, 4) is 17.2 Å². The van der Waals surface area contributed by atoms with Crippen LogP contribution in [-0.4, -0.2) is 18.8 Å². The number of benzene rings is 2. The van der Waals surface area contributed by atoms with E-state index in [-0.39, 0.29) is 5.75 Å². The lowest BCUT2D eigenvalue weighted by molar-refractivity contribution is 0.363. The van der Waals surface area contributed by atoms with Crippen LogP contribution >= 0.6 is 0 Å². The summed E-state index contributed by atoms with van der Waals surface area (Å²) in [4.78, 5) is 0. The van der Waals surface area contributed by atoms with Crippen molar-refractivity contribution in [1.29, 1.82) is 0 Å². The number of aromatic hydroxyl groups is 1. The van der Waals surface area contributed by atoms with Crippen molar-refractivity contribution in [3.05, 3.63) is 53.6 Å². The van der Waals surface area contributed by atoms with E-state index in [4.69, 9.17) is 9.47 Å². The van der Waals surface area contributed by atoms with Crippen molar-refractivity contribution in [2.24, 2.45) is 0 Å². The van der Waals surface area contributed by atoms with E-state index < -0.39 is 0 Å². The highest BCUT2D eigenvalue weighted by Gasteiger charge is 2.19. The van der Waals surface area contributed by atoms with Crippen molar-refractivity contribution < 1.29 is 14.6 Å². The van der Waals surface area contributed by atoms with Crippen LogP contribution in [0, 0.1) is 0 Å². The largest absolute Gasteiger partial charge is 0.508 e. The molecule has 3 heteroatoms. The molecule has 0 saturated heterocycles. The van der Waals surface area contributed by atoms with E-state index in [0.29, 0.717) is 6.61 Å². The van der Waals surface area contributed by atoms with Crippen LogP contribution in [0.1, 0.15) is 18.1 Å². The predicted molar refractivity (Wildman–Crippen MR) is 79.1 cm³/mol. The molecule has 1 aliphatic heterocycles. The van der Waals surface area contributed by atoms with E-state index in [1.807, 2.05) is 24.3 Å².